The lowest BCUT2D eigenvalue weighted by Crippen LogP contribution is -2.48. The molecule has 2 rings (SSSR count). The Balaban J connectivity index is 1.82. The maximum atomic E-state index is 3.84. The SMILES string of the molecule is CC1CCCC(NC2CCC2)C1C. The fraction of sp³-hybridized carbons (Fsp3) is 1.00. The molecule has 2 aliphatic rings. The van der Waals surface area contributed by atoms with Crippen LogP contribution in [0, 0.1) is 11.8 Å². The quantitative estimate of drug-likeness (QED) is 0.690. The van der Waals surface area contributed by atoms with Gasteiger partial charge in [-0.1, -0.05) is 33.1 Å². The Hall–Kier alpha value is -0.0400. The maximum Gasteiger partial charge on any atom is 0.00978 e. The molecule has 1 N–H and O–H groups in total. The molecule has 0 amide bonds. The lowest BCUT2D eigenvalue weighted by Gasteiger charge is -2.39. The summed E-state index contributed by atoms with van der Waals surface area (Å²) in [6.07, 6.45) is 8.62. The Morgan fingerprint density at radius 1 is 0.923 bits per heavy atom. The third-order valence-corrected chi connectivity index (χ3v) is 4.26. The van der Waals surface area contributed by atoms with E-state index in [2.05, 4.69) is 19.2 Å². The van der Waals surface area contributed by atoms with E-state index >= 15 is 0 Å². The third-order valence-electron chi connectivity index (χ3n) is 4.26. The third kappa shape index (κ3) is 2.07. The molecule has 0 spiro atoms. The van der Waals surface area contributed by atoms with E-state index in [9.17, 15) is 0 Å². The Bertz CT molecular complexity index is 163. The van der Waals surface area contributed by atoms with Gasteiger partial charge in [-0.2, -0.15) is 0 Å². The first-order chi connectivity index (χ1) is 6.27. The Labute approximate surface area is 82.3 Å². The van der Waals surface area contributed by atoms with E-state index in [0.717, 1.165) is 23.9 Å². The summed E-state index contributed by atoms with van der Waals surface area (Å²) in [4.78, 5) is 0. The van der Waals surface area contributed by atoms with Crippen molar-refractivity contribution >= 4 is 0 Å². The van der Waals surface area contributed by atoms with E-state index < -0.39 is 0 Å². The van der Waals surface area contributed by atoms with Crippen LogP contribution in [0.3, 0.4) is 0 Å². The highest BCUT2D eigenvalue weighted by atomic mass is 15.0. The van der Waals surface area contributed by atoms with E-state index in [0.29, 0.717) is 0 Å². The fourth-order valence-corrected chi connectivity index (χ4v) is 2.69. The zero-order valence-corrected chi connectivity index (χ0v) is 9.05. The first-order valence-electron chi connectivity index (χ1n) is 6.03. The molecule has 2 fully saturated rings. The summed E-state index contributed by atoms with van der Waals surface area (Å²) in [5.41, 5.74) is 0. The highest BCUT2D eigenvalue weighted by Gasteiger charge is 2.29. The maximum absolute atomic E-state index is 3.84. The molecular formula is C12H23N. The molecule has 0 heterocycles. The zero-order chi connectivity index (χ0) is 9.26. The van der Waals surface area contributed by atoms with Gasteiger partial charge in [-0.3, -0.25) is 0 Å². The number of hydrogen-bond donors (Lipinski definition) is 1. The lowest BCUT2D eigenvalue weighted by molar-refractivity contribution is 0.172. The number of rotatable bonds is 2. The lowest BCUT2D eigenvalue weighted by atomic mass is 9.77. The highest BCUT2D eigenvalue weighted by molar-refractivity contribution is 4.87. The molecule has 2 aliphatic carbocycles. The van der Waals surface area contributed by atoms with Crippen LogP contribution >= 0.6 is 0 Å². The average molecular weight is 181 g/mol. The second kappa shape index (κ2) is 4.00. The molecule has 13 heavy (non-hydrogen) atoms. The summed E-state index contributed by atoms with van der Waals surface area (Å²) in [7, 11) is 0. The molecule has 3 unspecified atom stereocenters. The van der Waals surface area contributed by atoms with Gasteiger partial charge in [0.25, 0.3) is 0 Å². The molecule has 0 saturated heterocycles. The molecule has 1 heteroatoms. The van der Waals surface area contributed by atoms with Crippen molar-refractivity contribution in [3.05, 3.63) is 0 Å². The van der Waals surface area contributed by atoms with Gasteiger partial charge in [0.05, 0.1) is 0 Å². The number of hydrogen-bond acceptors (Lipinski definition) is 1. The topological polar surface area (TPSA) is 12.0 Å². The van der Waals surface area contributed by atoms with Crippen LogP contribution in [0.15, 0.2) is 0 Å². The Morgan fingerprint density at radius 2 is 1.62 bits per heavy atom. The van der Waals surface area contributed by atoms with Crippen molar-refractivity contribution < 1.29 is 0 Å². The molecule has 1 nitrogen and oxygen atoms in total. The van der Waals surface area contributed by atoms with Crippen molar-refractivity contribution in [1.29, 1.82) is 0 Å². The highest BCUT2D eigenvalue weighted by Crippen LogP contribution is 2.31. The van der Waals surface area contributed by atoms with Crippen molar-refractivity contribution in [3.8, 4) is 0 Å². The van der Waals surface area contributed by atoms with E-state index in [1.54, 1.807) is 0 Å². The Kier molecular flexibility index (Phi) is 2.92. The summed E-state index contributed by atoms with van der Waals surface area (Å²) >= 11 is 0. The van der Waals surface area contributed by atoms with Crippen molar-refractivity contribution in [1.82, 2.24) is 5.32 Å². The van der Waals surface area contributed by atoms with E-state index in [4.69, 9.17) is 0 Å². The van der Waals surface area contributed by atoms with Crippen LogP contribution in [0.25, 0.3) is 0 Å². The minimum atomic E-state index is 0.828. The van der Waals surface area contributed by atoms with Crippen LogP contribution in [0.1, 0.15) is 52.4 Å². The van der Waals surface area contributed by atoms with Crippen molar-refractivity contribution in [3.63, 3.8) is 0 Å². The van der Waals surface area contributed by atoms with Crippen LogP contribution in [-0.2, 0) is 0 Å². The van der Waals surface area contributed by atoms with Gasteiger partial charge in [-0.15, -0.1) is 0 Å². The van der Waals surface area contributed by atoms with E-state index in [1.165, 1.54) is 38.5 Å². The normalized spacial score (nSPS) is 41.5. The summed E-state index contributed by atoms with van der Waals surface area (Å²) in [5, 5.41) is 3.84. The van der Waals surface area contributed by atoms with Gasteiger partial charge in [-0.05, 0) is 31.1 Å². The van der Waals surface area contributed by atoms with Gasteiger partial charge in [0, 0.05) is 12.1 Å². The molecule has 76 valence electrons. The largest absolute Gasteiger partial charge is 0.311 e. The molecule has 3 atom stereocenters. The van der Waals surface area contributed by atoms with Crippen molar-refractivity contribution in [2.45, 2.75) is 64.5 Å². The predicted octanol–water partition coefficient (Wildman–Crippen LogP) is 2.95. The molecule has 0 aliphatic heterocycles. The van der Waals surface area contributed by atoms with Gasteiger partial charge in [0.1, 0.15) is 0 Å². The summed E-state index contributed by atoms with van der Waals surface area (Å²) < 4.78 is 0. The molecular weight excluding hydrogens is 158 g/mol. The number of nitrogens with one attached hydrogen (secondary N) is 1. The standard InChI is InChI=1S/C12H23N/c1-9-5-3-8-12(10(9)2)13-11-6-4-7-11/h9-13H,3-8H2,1-2H3. The monoisotopic (exact) mass is 181 g/mol. The summed E-state index contributed by atoms with van der Waals surface area (Å²) in [6, 6.07) is 1.70. The second-order valence-electron chi connectivity index (χ2n) is 5.17. The van der Waals surface area contributed by atoms with Crippen molar-refractivity contribution in [2.24, 2.45) is 11.8 Å². The average Bonchev–Trinajstić information content (AvgIpc) is 2.04. The van der Waals surface area contributed by atoms with Gasteiger partial charge >= 0.3 is 0 Å². The fourth-order valence-electron chi connectivity index (χ4n) is 2.69. The molecule has 0 bridgehead atoms. The second-order valence-corrected chi connectivity index (χ2v) is 5.17. The Morgan fingerprint density at radius 3 is 2.23 bits per heavy atom. The van der Waals surface area contributed by atoms with E-state index in [-0.39, 0.29) is 0 Å². The molecule has 0 aromatic rings. The van der Waals surface area contributed by atoms with Crippen LogP contribution in [0.4, 0.5) is 0 Å². The first kappa shape index (κ1) is 9.51. The first-order valence-corrected chi connectivity index (χ1v) is 6.03. The zero-order valence-electron chi connectivity index (χ0n) is 9.05. The van der Waals surface area contributed by atoms with Crippen LogP contribution in [0.5, 0.6) is 0 Å². The summed E-state index contributed by atoms with van der Waals surface area (Å²) in [6.45, 7) is 4.85. The van der Waals surface area contributed by atoms with Gasteiger partial charge in [-0.25, -0.2) is 0 Å². The minimum Gasteiger partial charge on any atom is -0.311 e. The predicted molar refractivity (Wildman–Crippen MR) is 56.7 cm³/mol. The van der Waals surface area contributed by atoms with Crippen molar-refractivity contribution in [2.75, 3.05) is 0 Å². The van der Waals surface area contributed by atoms with Crippen LogP contribution in [-0.4, -0.2) is 12.1 Å². The van der Waals surface area contributed by atoms with Crippen LogP contribution in [0.2, 0.25) is 0 Å². The molecule has 0 radical (unpaired) electrons. The van der Waals surface area contributed by atoms with Gasteiger partial charge < -0.3 is 5.32 Å². The molecule has 2 saturated carbocycles. The van der Waals surface area contributed by atoms with E-state index in [1.807, 2.05) is 0 Å². The smallest absolute Gasteiger partial charge is 0.00978 e. The minimum absolute atomic E-state index is 0.828. The van der Waals surface area contributed by atoms with Gasteiger partial charge in [0.2, 0.25) is 0 Å². The van der Waals surface area contributed by atoms with Crippen LogP contribution < -0.4 is 5.32 Å². The molecule has 0 aromatic carbocycles. The van der Waals surface area contributed by atoms with Gasteiger partial charge in [0.15, 0.2) is 0 Å². The summed E-state index contributed by atoms with van der Waals surface area (Å²) in [5.74, 6) is 1.83. The molecule has 0 aromatic heterocycles.